The lowest BCUT2D eigenvalue weighted by Gasteiger charge is -2.42. The molecule has 0 aliphatic carbocycles. The second-order valence-corrected chi connectivity index (χ2v) is 8.62. The molecule has 0 saturated carbocycles. The monoisotopic (exact) mass is 506 g/mol. The van der Waals surface area contributed by atoms with Crippen LogP contribution in [0.4, 0.5) is 23.2 Å². The highest BCUT2D eigenvalue weighted by molar-refractivity contribution is 6.06. The third-order valence-electron chi connectivity index (χ3n) is 5.53. The molecule has 1 aliphatic rings. The van der Waals surface area contributed by atoms with Crippen LogP contribution < -0.4 is 15.4 Å². The molecule has 0 spiro atoms. The number of benzene rings is 2. The minimum absolute atomic E-state index is 0.0335. The molecule has 36 heavy (non-hydrogen) atoms. The van der Waals surface area contributed by atoms with E-state index in [9.17, 15) is 27.2 Å². The molecule has 0 fully saturated rings. The number of carbonyl (C=O) groups is 2. The fourth-order valence-corrected chi connectivity index (χ4v) is 4.22. The molecular weight excluding hydrogens is 480 g/mol. The number of fused-ring (bicyclic) bond motifs is 1. The first kappa shape index (κ1) is 26.7. The van der Waals surface area contributed by atoms with Crippen LogP contribution in [0.2, 0.25) is 0 Å². The Balaban J connectivity index is 2.10. The van der Waals surface area contributed by atoms with Crippen molar-refractivity contribution in [1.82, 2.24) is 10.2 Å². The number of rotatable bonds is 8. The number of alkyl halides is 3. The van der Waals surface area contributed by atoms with Crippen LogP contribution in [0.15, 0.2) is 54.2 Å². The molecule has 0 radical (unpaired) electrons. The Morgan fingerprint density at radius 3 is 2.53 bits per heavy atom. The summed E-state index contributed by atoms with van der Waals surface area (Å²) in [7, 11) is 1.62. The average molecular weight is 507 g/mol. The van der Waals surface area contributed by atoms with Crippen molar-refractivity contribution in [3.63, 3.8) is 0 Å². The van der Waals surface area contributed by atoms with Gasteiger partial charge in [0.05, 0.1) is 12.0 Å². The van der Waals surface area contributed by atoms with E-state index in [-0.39, 0.29) is 24.1 Å². The topological polar surface area (TPSA) is 94.5 Å². The van der Waals surface area contributed by atoms with Crippen molar-refractivity contribution in [3.8, 4) is 5.75 Å². The number of amides is 2. The number of carbonyl (C=O) groups excluding carboxylic acids is 2. The van der Waals surface area contributed by atoms with Crippen LogP contribution in [0.1, 0.15) is 35.7 Å². The van der Waals surface area contributed by atoms with E-state index in [2.05, 4.69) is 15.4 Å². The van der Waals surface area contributed by atoms with Gasteiger partial charge in [0.25, 0.3) is 5.91 Å². The third kappa shape index (κ3) is 5.84. The Labute approximate surface area is 205 Å². The van der Waals surface area contributed by atoms with Gasteiger partial charge >= 0.3 is 6.36 Å². The van der Waals surface area contributed by atoms with Crippen LogP contribution in [0.5, 0.6) is 5.75 Å². The lowest BCUT2D eigenvalue weighted by Crippen LogP contribution is -2.53. The fraction of sp³-hybridized carbons (Fsp3) is 0.320. The first-order chi connectivity index (χ1) is 17.0. The second kappa shape index (κ2) is 10.8. The van der Waals surface area contributed by atoms with Crippen molar-refractivity contribution in [2.75, 3.05) is 18.9 Å². The van der Waals surface area contributed by atoms with Crippen LogP contribution in [0, 0.1) is 17.1 Å². The zero-order valence-corrected chi connectivity index (χ0v) is 19.8. The Hall–Kier alpha value is -3.89. The molecule has 0 saturated heterocycles. The van der Waals surface area contributed by atoms with Gasteiger partial charge < -0.3 is 25.7 Å². The van der Waals surface area contributed by atoms with Crippen molar-refractivity contribution >= 4 is 23.7 Å². The lowest BCUT2D eigenvalue weighted by atomic mass is 9.79. The summed E-state index contributed by atoms with van der Waals surface area (Å²) in [5.41, 5.74) is 0.936. The van der Waals surface area contributed by atoms with Gasteiger partial charge in [-0.2, -0.15) is 0 Å². The number of hydrogen-bond acceptors (Lipinski definition) is 5. The lowest BCUT2D eigenvalue weighted by molar-refractivity contribution is -0.275. The molecule has 2 aromatic rings. The molecule has 2 atom stereocenters. The Bertz CT molecular complexity index is 1180. The van der Waals surface area contributed by atoms with Gasteiger partial charge in [0.2, 0.25) is 5.91 Å². The van der Waals surface area contributed by atoms with E-state index in [4.69, 9.17) is 5.41 Å². The number of anilines is 1. The highest BCUT2D eigenvalue weighted by Gasteiger charge is 2.45. The minimum Gasteiger partial charge on any atom is -0.403 e. The average Bonchev–Trinajstić information content (AvgIpc) is 2.80. The minimum atomic E-state index is -5.12. The van der Waals surface area contributed by atoms with Gasteiger partial charge in [0.15, 0.2) is 11.6 Å². The van der Waals surface area contributed by atoms with Gasteiger partial charge in [0.1, 0.15) is 0 Å². The summed E-state index contributed by atoms with van der Waals surface area (Å²) in [4.78, 5) is 28.6. The van der Waals surface area contributed by atoms with Crippen molar-refractivity contribution in [2.45, 2.75) is 32.2 Å². The predicted molar refractivity (Wildman–Crippen MR) is 126 cm³/mol. The summed E-state index contributed by atoms with van der Waals surface area (Å²) in [6.07, 6.45) is -2.56. The van der Waals surface area contributed by atoms with Crippen molar-refractivity contribution in [1.29, 1.82) is 5.41 Å². The van der Waals surface area contributed by atoms with Crippen LogP contribution in [-0.4, -0.2) is 48.9 Å². The highest BCUT2D eigenvalue weighted by atomic mass is 19.4. The van der Waals surface area contributed by atoms with Gasteiger partial charge in [-0.25, -0.2) is 4.39 Å². The molecular formula is C25H26F4N4O3. The zero-order valence-electron chi connectivity index (χ0n) is 19.8. The summed E-state index contributed by atoms with van der Waals surface area (Å²) < 4.78 is 55.6. The molecule has 2 amide bonds. The molecule has 0 bridgehead atoms. The number of nitrogens with one attached hydrogen (secondary N) is 3. The van der Waals surface area contributed by atoms with Crippen molar-refractivity contribution in [2.24, 2.45) is 5.92 Å². The molecule has 0 aromatic heterocycles. The van der Waals surface area contributed by atoms with E-state index in [0.717, 1.165) is 24.4 Å². The Kier molecular flexibility index (Phi) is 8.01. The Morgan fingerprint density at radius 1 is 1.22 bits per heavy atom. The van der Waals surface area contributed by atoms with Crippen molar-refractivity contribution < 1.29 is 31.9 Å². The van der Waals surface area contributed by atoms with Gasteiger partial charge in [-0.15, -0.1) is 13.2 Å². The van der Waals surface area contributed by atoms with E-state index >= 15 is 0 Å². The third-order valence-corrected chi connectivity index (χ3v) is 5.53. The molecule has 3 rings (SSSR count). The maximum atomic E-state index is 13.9. The standard InChI is InChI=1S/C25H26F4N4O3/c1-14(2)13-33-22(15(11-30)12-31-3)21(17-6-4-5-7-18(17)24(33)35)23(34)32-16-8-9-19(26)20(10-16)36-25(27,28)29/h4-12,14,21-22,30-31H,13H2,1-3H3,(H,32,34)/b15-12+,30-11?/t21-,22+/m0/s1. The highest BCUT2D eigenvalue weighted by Crippen LogP contribution is 2.38. The van der Waals surface area contributed by atoms with Crippen molar-refractivity contribution in [3.05, 3.63) is 71.2 Å². The molecule has 2 aromatic carbocycles. The largest absolute Gasteiger partial charge is 0.573 e. The summed E-state index contributed by atoms with van der Waals surface area (Å²) in [5.74, 6) is -4.28. The number of ether oxygens (including phenoxy) is 1. The van der Waals surface area contributed by atoms with Gasteiger partial charge in [-0.05, 0) is 29.7 Å². The van der Waals surface area contributed by atoms with Crippen LogP contribution in [0.3, 0.4) is 0 Å². The summed E-state index contributed by atoms with van der Waals surface area (Å²) in [6.45, 7) is 4.11. The van der Waals surface area contributed by atoms with E-state index < -0.39 is 35.8 Å². The molecule has 192 valence electrons. The fourth-order valence-electron chi connectivity index (χ4n) is 4.22. The quantitative estimate of drug-likeness (QED) is 0.358. The number of halogens is 4. The molecule has 3 N–H and O–H groups in total. The summed E-state index contributed by atoms with van der Waals surface area (Å²) >= 11 is 0. The van der Waals surface area contributed by atoms with Crippen LogP contribution >= 0.6 is 0 Å². The first-order valence-corrected chi connectivity index (χ1v) is 11.1. The molecule has 11 heteroatoms. The normalized spacial score (nSPS) is 18.1. The molecule has 1 aliphatic heterocycles. The predicted octanol–water partition coefficient (Wildman–Crippen LogP) is 4.68. The SMILES string of the molecule is CN/C=C(\C=N)[C@@H]1[C@@H](C(=O)Nc2ccc(F)c(OC(F)(F)F)c2)c2ccccc2C(=O)N1CC(C)C. The second-order valence-electron chi connectivity index (χ2n) is 8.62. The molecule has 7 nitrogen and oxygen atoms in total. The van der Waals surface area contributed by atoms with Gasteiger partial charge in [0, 0.05) is 48.9 Å². The maximum absolute atomic E-state index is 13.9. The smallest absolute Gasteiger partial charge is 0.403 e. The Morgan fingerprint density at radius 2 is 1.92 bits per heavy atom. The van der Waals surface area contributed by atoms with Gasteiger partial charge in [-0.3, -0.25) is 9.59 Å². The summed E-state index contributed by atoms with van der Waals surface area (Å²) in [5, 5.41) is 13.3. The van der Waals surface area contributed by atoms with E-state index in [1.807, 2.05) is 13.8 Å². The molecule has 1 heterocycles. The van der Waals surface area contributed by atoms with E-state index in [0.29, 0.717) is 16.7 Å². The summed E-state index contributed by atoms with van der Waals surface area (Å²) in [6, 6.07) is 8.28. The molecule has 0 unspecified atom stereocenters. The number of hydrogen-bond donors (Lipinski definition) is 3. The van der Waals surface area contributed by atoms with Crippen LogP contribution in [0.25, 0.3) is 0 Å². The number of nitrogens with zero attached hydrogens (tertiary/aromatic N) is 1. The zero-order chi connectivity index (χ0) is 26.6. The van der Waals surface area contributed by atoms with E-state index in [1.54, 1.807) is 31.3 Å². The van der Waals surface area contributed by atoms with Gasteiger partial charge in [-0.1, -0.05) is 32.0 Å². The first-order valence-electron chi connectivity index (χ1n) is 11.1. The van der Waals surface area contributed by atoms with Crippen LogP contribution in [-0.2, 0) is 4.79 Å². The van der Waals surface area contributed by atoms with E-state index in [1.165, 1.54) is 11.1 Å². The maximum Gasteiger partial charge on any atom is 0.573 e.